The Hall–Kier alpha value is -0.520. The third-order valence-corrected chi connectivity index (χ3v) is 4.75. The highest BCUT2D eigenvalue weighted by Gasteiger charge is 2.15. The summed E-state index contributed by atoms with van der Waals surface area (Å²) in [6.07, 6.45) is 2.39. The van der Waals surface area contributed by atoms with Crippen LogP contribution in [-0.2, 0) is 15.3 Å². The molecule has 5 heteroatoms. The quantitative estimate of drug-likeness (QED) is 0.862. The third kappa shape index (κ3) is 5.16. The second kappa shape index (κ2) is 7.92. The van der Waals surface area contributed by atoms with Gasteiger partial charge in [-0.1, -0.05) is 34.1 Å². The normalized spacial score (nSPS) is 18.5. The van der Waals surface area contributed by atoms with E-state index in [-0.39, 0.29) is 12.0 Å². The molecule has 1 aliphatic rings. The second-order valence-electron chi connectivity index (χ2n) is 4.52. The number of carbonyl (C=O) groups is 1. The first-order valence-electron chi connectivity index (χ1n) is 6.45. The van der Waals surface area contributed by atoms with Gasteiger partial charge in [0.05, 0.1) is 11.9 Å². The molecule has 0 unspecified atom stereocenters. The second-order valence-corrected chi connectivity index (χ2v) is 6.36. The molecule has 2 rings (SSSR count). The molecule has 104 valence electrons. The first kappa shape index (κ1) is 14.9. The van der Waals surface area contributed by atoms with E-state index in [4.69, 9.17) is 4.74 Å². The van der Waals surface area contributed by atoms with E-state index in [2.05, 4.69) is 27.3 Å². The van der Waals surface area contributed by atoms with Gasteiger partial charge in [0.15, 0.2) is 0 Å². The number of hydrogen-bond donors (Lipinski definition) is 1. The smallest absolute Gasteiger partial charge is 0.230 e. The zero-order valence-corrected chi connectivity index (χ0v) is 13.1. The summed E-state index contributed by atoms with van der Waals surface area (Å²) in [6, 6.07) is 8.10. The average Bonchev–Trinajstić information content (AvgIpc) is 2.92. The third-order valence-electron chi connectivity index (χ3n) is 3.00. The van der Waals surface area contributed by atoms with Gasteiger partial charge in [-0.3, -0.25) is 4.79 Å². The molecule has 3 nitrogen and oxygen atoms in total. The van der Waals surface area contributed by atoms with Crippen LogP contribution in [0.2, 0.25) is 0 Å². The summed E-state index contributed by atoms with van der Waals surface area (Å²) >= 11 is 5.14. The number of carbonyl (C=O) groups excluding carboxylic acids is 1. The lowest BCUT2D eigenvalue weighted by molar-refractivity contribution is -0.119. The summed E-state index contributed by atoms with van der Waals surface area (Å²) in [7, 11) is 0. The summed E-state index contributed by atoms with van der Waals surface area (Å²) in [5.41, 5.74) is 1.22. The molecule has 0 radical (unpaired) electrons. The monoisotopic (exact) mass is 343 g/mol. The molecule has 19 heavy (non-hydrogen) atoms. The molecule has 0 aromatic heterocycles. The van der Waals surface area contributed by atoms with Crippen LogP contribution in [-0.4, -0.2) is 30.9 Å². The van der Waals surface area contributed by atoms with Crippen LogP contribution in [0.4, 0.5) is 0 Å². The van der Waals surface area contributed by atoms with Gasteiger partial charge in [-0.2, -0.15) is 0 Å². The Labute approximate surface area is 126 Å². The Morgan fingerprint density at radius 3 is 3.05 bits per heavy atom. The van der Waals surface area contributed by atoms with E-state index in [1.807, 2.05) is 18.2 Å². The lowest BCUT2D eigenvalue weighted by Gasteiger charge is -2.10. The predicted molar refractivity (Wildman–Crippen MR) is 82.3 cm³/mol. The van der Waals surface area contributed by atoms with Crippen molar-refractivity contribution >= 4 is 33.6 Å². The highest BCUT2D eigenvalue weighted by molar-refractivity contribution is 9.10. The van der Waals surface area contributed by atoms with Crippen molar-refractivity contribution in [1.29, 1.82) is 0 Å². The highest BCUT2D eigenvalue weighted by atomic mass is 79.9. The van der Waals surface area contributed by atoms with Gasteiger partial charge in [-0.15, -0.1) is 11.8 Å². The van der Waals surface area contributed by atoms with Crippen molar-refractivity contribution in [3.05, 3.63) is 34.3 Å². The van der Waals surface area contributed by atoms with E-state index >= 15 is 0 Å². The molecule has 1 N–H and O–H groups in total. The molecule has 0 aliphatic carbocycles. The number of hydrogen-bond acceptors (Lipinski definition) is 3. The van der Waals surface area contributed by atoms with E-state index in [1.165, 1.54) is 5.56 Å². The Kier molecular flexibility index (Phi) is 6.20. The first-order valence-corrected chi connectivity index (χ1v) is 8.40. The molecule has 1 heterocycles. The van der Waals surface area contributed by atoms with Crippen molar-refractivity contribution in [1.82, 2.24) is 5.32 Å². The largest absolute Gasteiger partial charge is 0.376 e. The van der Waals surface area contributed by atoms with Crippen LogP contribution < -0.4 is 5.32 Å². The average molecular weight is 344 g/mol. The zero-order chi connectivity index (χ0) is 13.5. The predicted octanol–water partition coefficient (Wildman–Crippen LogP) is 2.98. The molecule has 1 atom stereocenters. The molecule has 1 aromatic rings. The van der Waals surface area contributed by atoms with Crippen molar-refractivity contribution in [2.24, 2.45) is 0 Å². The van der Waals surface area contributed by atoms with Crippen molar-refractivity contribution in [2.45, 2.75) is 24.7 Å². The van der Waals surface area contributed by atoms with Gasteiger partial charge in [-0.05, 0) is 24.5 Å². The minimum atomic E-state index is 0.0903. The Bertz CT molecular complexity index is 422. The molecular weight excluding hydrogens is 326 g/mol. The summed E-state index contributed by atoms with van der Waals surface area (Å²) in [5.74, 6) is 1.43. The van der Waals surface area contributed by atoms with Crippen molar-refractivity contribution in [3.63, 3.8) is 0 Å². The van der Waals surface area contributed by atoms with Crippen molar-refractivity contribution in [3.8, 4) is 0 Å². The number of rotatable bonds is 6. The fraction of sp³-hybridized carbons (Fsp3) is 0.500. The summed E-state index contributed by atoms with van der Waals surface area (Å²) < 4.78 is 6.56. The van der Waals surface area contributed by atoms with Gasteiger partial charge in [0.2, 0.25) is 5.91 Å². The topological polar surface area (TPSA) is 38.3 Å². The number of ether oxygens (including phenoxy) is 1. The van der Waals surface area contributed by atoms with Crippen molar-refractivity contribution in [2.75, 3.05) is 18.9 Å². The van der Waals surface area contributed by atoms with Crippen LogP contribution in [0, 0.1) is 0 Å². The Morgan fingerprint density at radius 2 is 2.32 bits per heavy atom. The maximum Gasteiger partial charge on any atom is 0.230 e. The van der Waals surface area contributed by atoms with Crippen LogP contribution in [0.5, 0.6) is 0 Å². The first-order chi connectivity index (χ1) is 9.25. The molecule has 1 saturated heterocycles. The summed E-state index contributed by atoms with van der Waals surface area (Å²) in [4.78, 5) is 11.7. The van der Waals surface area contributed by atoms with E-state index in [1.54, 1.807) is 11.8 Å². The molecular formula is C14H18BrNO2S. The zero-order valence-electron chi connectivity index (χ0n) is 10.7. The molecule has 0 bridgehead atoms. The van der Waals surface area contributed by atoms with E-state index < -0.39 is 0 Å². The van der Waals surface area contributed by atoms with Gasteiger partial charge in [0, 0.05) is 23.4 Å². The number of amides is 1. The van der Waals surface area contributed by atoms with E-state index in [0.29, 0.717) is 12.3 Å². The fourth-order valence-corrected chi connectivity index (χ4v) is 3.42. The maximum absolute atomic E-state index is 11.7. The van der Waals surface area contributed by atoms with Crippen LogP contribution in [0.3, 0.4) is 0 Å². The van der Waals surface area contributed by atoms with Gasteiger partial charge in [-0.25, -0.2) is 0 Å². The SMILES string of the molecule is O=C(CSCc1ccccc1Br)NC[C@H]1CCCO1. The van der Waals surface area contributed by atoms with Gasteiger partial charge in [0.25, 0.3) is 0 Å². The Balaban J connectivity index is 1.62. The van der Waals surface area contributed by atoms with Crippen LogP contribution in [0.1, 0.15) is 18.4 Å². The maximum atomic E-state index is 11.7. The highest BCUT2D eigenvalue weighted by Crippen LogP contribution is 2.21. The standard InChI is InChI=1S/C14H18BrNO2S/c15-13-6-2-1-4-11(13)9-19-10-14(17)16-8-12-5-3-7-18-12/h1-2,4,6,12H,3,5,7-10H2,(H,16,17)/t12-/m1/s1. The van der Waals surface area contributed by atoms with E-state index in [0.717, 1.165) is 29.7 Å². The minimum Gasteiger partial charge on any atom is -0.376 e. The molecule has 1 aromatic carbocycles. The minimum absolute atomic E-state index is 0.0903. The molecule has 1 amide bonds. The van der Waals surface area contributed by atoms with Crippen LogP contribution >= 0.6 is 27.7 Å². The number of thioether (sulfide) groups is 1. The summed E-state index contributed by atoms with van der Waals surface area (Å²) in [5, 5.41) is 2.93. The van der Waals surface area contributed by atoms with Gasteiger partial charge >= 0.3 is 0 Å². The lowest BCUT2D eigenvalue weighted by Crippen LogP contribution is -2.32. The fourth-order valence-electron chi connectivity index (χ4n) is 1.95. The van der Waals surface area contributed by atoms with Gasteiger partial charge in [0.1, 0.15) is 0 Å². The van der Waals surface area contributed by atoms with Gasteiger partial charge < -0.3 is 10.1 Å². The Morgan fingerprint density at radius 1 is 1.47 bits per heavy atom. The van der Waals surface area contributed by atoms with Crippen LogP contribution in [0.15, 0.2) is 28.7 Å². The summed E-state index contributed by atoms with van der Waals surface area (Å²) in [6.45, 7) is 1.48. The van der Waals surface area contributed by atoms with Crippen molar-refractivity contribution < 1.29 is 9.53 Å². The number of benzene rings is 1. The number of halogens is 1. The number of nitrogens with one attached hydrogen (secondary N) is 1. The molecule has 0 spiro atoms. The molecule has 1 aliphatic heterocycles. The van der Waals surface area contributed by atoms with E-state index in [9.17, 15) is 4.79 Å². The van der Waals surface area contributed by atoms with Crippen LogP contribution in [0.25, 0.3) is 0 Å². The molecule has 1 fully saturated rings. The lowest BCUT2D eigenvalue weighted by atomic mass is 10.2. The molecule has 0 saturated carbocycles.